The van der Waals surface area contributed by atoms with Gasteiger partial charge in [-0.25, -0.2) is 4.98 Å². The van der Waals surface area contributed by atoms with E-state index in [1.165, 1.54) is 10.9 Å². The Labute approximate surface area is 162 Å². The summed E-state index contributed by atoms with van der Waals surface area (Å²) >= 11 is 0. The van der Waals surface area contributed by atoms with E-state index in [1.54, 1.807) is 0 Å². The summed E-state index contributed by atoms with van der Waals surface area (Å²) in [4.78, 5) is 10.5. The molecule has 5 heteroatoms. The molecule has 0 aliphatic rings. The van der Waals surface area contributed by atoms with E-state index in [-0.39, 0.29) is 0 Å². The van der Waals surface area contributed by atoms with Crippen molar-refractivity contribution >= 4 is 32.8 Å². The summed E-state index contributed by atoms with van der Waals surface area (Å²) in [6.07, 6.45) is 3.76. The number of aromatic nitrogens is 5. The second-order valence-electron chi connectivity index (χ2n) is 6.36. The number of H-pyrrole nitrogens is 3. The highest BCUT2D eigenvalue weighted by atomic mass is 15.1. The highest BCUT2D eigenvalue weighted by Gasteiger charge is 1.94. The number of hydrogen-bond donors (Lipinski definition) is 3. The summed E-state index contributed by atoms with van der Waals surface area (Å²) < 4.78 is 0. The predicted octanol–water partition coefficient (Wildman–Crippen LogP) is 5.60. The molecule has 3 aromatic heterocycles. The van der Waals surface area contributed by atoms with E-state index >= 15 is 0 Å². The van der Waals surface area contributed by atoms with Crippen LogP contribution in [0.5, 0.6) is 0 Å². The van der Waals surface area contributed by atoms with Crippen molar-refractivity contribution in [3.63, 3.8) is 0 Å². The van der Waals surface area contributed by atoms with Crippen molar-refractivity contribution < 1.29 is 0 Å². The van der Waals surface area contributed by atoms with E-state index in [9.17, 15) is 0 Å². The Morgan fingerprint density at radius 3 is 2.11 bits per heavy atom. The van der Waals surface area contributed by atoms with Crippen LogP contribution in [0.1, 0.15) is 5.82 Å². The SMILES string of the molecule is Cc1nc2ccccc2[nH]1.c1ccc2[nH]ccc2c1.c1ccc2[nH]ncc2c1. The minimum atomic E-state index is 0.973. The third kappa shape index (κ3) is 4.10. The predicted molar refractivity (Wildman–Crippen MR) is 115 cm³/mol. The molecular weight excluding hydrogens is 346 g/mol. The second kappa shape index (κ2) is 8.22. The summed E-state index contributed by atoms with van der Waals surface area (Å²) in [7, 11) is 0. The summed E-state index contributed by atoms with van der Waals surface area (Å²) in [6.45, 7) is 1.96. The Hall–Kier alpha value is -3.86. The normalized spacial score (nSPS) is 10.3. The summed E-state index contributed by atoms with van der Waals surface area (Å²) in [5.41, 5.74) is 4.45. The number of fused-ring (bicyclic) bond motifs is 3. The van der Waals surface area contributed by atoms with Crippen LogP contribution < -0.4 is 0 Å². The number of hydrogen-bond acceptors (Lipinski definition) is 2. The Bertz CT molecular complexity index is 1130. The number of benzene rings is 3. The van der Waals surface area contributed by atoms with Crippen LogP contribution in [0.2, 0.25) is 0 Å². The van der Waals surface area contributed by atoms with Crippen LogP contribution in [0.3, 0.4) is 0 Å². The van der Waals surface area contributed by atoms with Crippen molar-refractivity contribution in [2.45, 2.75) is 6.92 Å². The fourth-order valence-corrected chi connectivity index (χ4v) is 2.96. The van der Waals surface area contributed by atoms with Crippen molar-refractivity contribution in [3.05, 3.63) is 97.1 Å². The largest absolute Gasteiger partial charge is 0.361 e. The van der Waals surface area contributed by atoms with E-state index in [0.29, 0.717) is 0 Å². The Morgan fingerprint density at radius 2 is 1.36 bits per heavy atom. The molecule has 5 nitrogen and oxygen atoms in total. The molecule has 0 spiro atoms. The topological polar surface area (TPSA) is 73.2 Å². The van der Waals surface area contributed by atoms with Gasteiger partial charge in [-0.15, -0.1) is 0 Å². The van der Waals surface area contributed by atoms with Gasteiger partial charge in [0.25, 0.3) is 0 Å². The molecule has 0 aliphatic heterocycles. The number of nitrogens with zero attached hydrogens (tertiary/aromatic N) is 2. The van der Waals surface area contributed by atoms with Gasteiger partial charge in [-0.05, 0) is 42.6 Å². The quantitative estimate of drug-likeness (QED) is 0.327. The first-order chi connectivity index (χ1) is 13.8. The lowest BCUT2D eigenvalue weighted by atomic mass is 10.3. The van der Waals surface area contributed by atoms with Gasteiger partial charge in [0.2, 0.25) is 0 Å². The molecule has 0 aliphatic carbocycles. The van der Waals surface area contributed by atoms with E-state index in [2.05, 4.69) is 43.3 Å². The Morgan fingerprint density at radius 1 is 0.679 bits per heavy atom. The van der Waals surface area contributed by atoms with Gasteiger partial charge < -0.3 is 9.97 Å². The van der Waals surface area contributed by atoms with Gasteiger partial charge in [0.15, 0.2) is 0 Å². The zero-order valence-electron chi connectivity index (χ0n) is 15.6. The fraction of sp³-hybridized carbons (Fsp3) is 0.0435. The van der Waals surface area contributed by atoms with Crippen LogP contribution in [0.4, 0.5) is 0 Å². The third-order valence-electron chi connectivity index (χ3n) is 4.32. The van der Waals surface area contributed by atoms with Gasteiger partial charge in [-0.3, -0.25) is 5.10 Å². The molecule has 138 valence electrons. The maximum Gasteiger partial charge on any atom is 0.104 e. The van der Waals surface area contributed by atoms with E-state index in [0.717, 1.165) is 27.8 Å². The lowest BCUT2D eigenvalue weighted by Crippen LogP contribution is -1.68. The summed E-state index contributed by atoms with van der Waals surface area (Å²) in [5.74, 6) is 0.973. The summed E-state index contributed by atoms with van der Waals surface area (Å²) in [6, 6.07) is 26.3. The zero-order chi connectivity index (χ0) is 19.2. The smallest absolute Gasteiger partial charge is 0.104 e. The van der Waals surface area contributed by atoms with E-state index in [1.807, 2.05) is 80.0 Å². The van der Waals surface area contributed by atoms with Crippen LogP contribution in [0.25, 0.3) is 32.8 Å². The molecule has 6 rings (SSSR count). The monoisotopic (exact) mass is 367 g/mol. The minimum Gasteiger partial charge on any atom is -0.361 e. The number of imidazole rings is 1. The molecule has 3 N–H and O–H groups in total. The number of aryl methyl sites for hydroxylation is 1. The highest BCUT2D eigenvalue weighted by molar-refractivity contribution is 5.79. The molecule has 3 aromatic carbocycles. The van der Waals surface area contributed by atoms with Crippen LogP contribution in [-0.4, -0.2) is 25.1 Å². The van der Waals surface area contributed by atoms with Crippen molar-refractivity contribution in [1.29, 1.82) is 0 Å². The third-order valence-corrected chi connectivity index (χ3v) is 4.32. The molecule has 3 heterocycles. The van der Waals surface area contributed by atoms with Gasteiger partial charge in [0.05, 0.1) is 22.7 Å². The van der Waals surface area contributed by atoms with E-state index in [4.69, 9.17) is 0 Å². The van der Waals surface area contributed by atoms with Gasteiger partial charge in [-0.2, -0.15) is 5.10 Å². The molecule has 0 atom stereocenters. The highest BCUT2D eigenvalue weighted by Crippen LogP contribution is 2.10. The number of para-hydroxylation sites is 4. The first-order valence-corrected chi connectivity index (χ1v) is 9.11. The molecule has 0 unspecified atom stereocenters. The van der Waals surface area contributed by atoms with Crippen LogP contribution in [-0.2, 0) is 0 Å². The molecule has 6 aromatic rings. The first-order valence-electron chi connectivity index (χ1n) is 9.11. The van der Waals surface area contributed by atoms with Gasteiger partial charge in [0, 0.05) is 17.1 Å². The number of nitrogens with one attached hydrogen (secondary N) is 3. The maximum absolute atomic E-state index is 4.26. The maximum atomic E-state index is 4.26. The molecule has 0 fully saturated rings. The fourth-order valence-electron chi connectivity index (χ4n) is 2.96. The lowest BCUT2D eigenvalue weighted by Gasteiger charge is -1.83. The molecule has 0 radical (unpaired) electrons. The van der Waals surface area contributed by atoms with Gasteiger partial charge in [-0.1, -0.05) is 48.5 Å². The number of rotatable bonds is 0. The second-order valence-corrected chi connectivity index (χ2v) is 6.36. The Balaban J connectivity index is 0.000000103. The molecule has 0 bridgehead atoms. The zero-order valence-corrected chi connectivity index (χ0v) is 15.6. The average Bonchev–Trinajstić information content (AvgIpc) is 3.46. The average molecular weight is 367 g/mol. The molecule has 0 amide bonds. The molecule has 0 saturated heterocycles. The molecule has 0 saturated carbocycles. The Kier molecular flexibility index (Phi) is 5.15. The minimum absolute atomic E-state index is 0.973. The lowest BCUT2D eigenvalue weighted by molar-refractivity contribution is 1.12. The molecular formula is C23H21N5. The van der Waals surface area contributed by atoms with Crippen LogP contribution in [0.15, 0.2) is 91.3 Å². The number of aromatic amines is 3. The van der Waals surface area contributed by atoms with Crippen molar-refractivity contribution in [2.24, 2.45) is 0 Å². The van der Waals surface area contributed by atoms with Crippen molar-refractivity contribution in [3.8, 4) is 0 Å². The van der Waals surface area contributed by atoms with Gasteiger partial charge >= 0.3 is 0 Å². The van der Waals surface area contributed by atoms with Crippen molar-refractivity contribution in [2.75, 3.05) is 0 Å². The van der Waals surface area contributed by atoms with Crippen LogP contribution in [0, 0.1) is 6.92 Å². The van der Waals surface area contributed by atoms with E-state index < -0.39 is 0 Å². The summed E-state index contributed by atoms with van der Waals surface area (Å²) in [5, 5.41) is 9.19. The van der Waals surface area contributed by atoms with Crippen LogP contribution >= 0.6 is 0 Å². The van der Waals surface area contributed by atoms with Gasteiger partial charge in [0.1, 0.15) is 5.82 Å². The molecule has 28 heavy (non-hydrogen) atoms. The standard InChI is InChI=1S/C8H8N2.C8H7N.C7H6N2/c1-6-9-7-4-2-3-5-8(7)10-6;1-2-4-8-7(3-1)5-6-9-8;1-2-4-7-6(3-1)5-8-9-7/h2-5H,1H3,(H,9,10);1-6,9H;1-5H,(H,8,9). The van der Waals surface area contributed by atoms with Crippen molar-refractivity contribution in [1.82, 2.24) is 25.1 Å². The first kappa shape index (κ1) is 17.5.